The summed E-state index contributed by atoms with van der Waals surface area (Å²) >= 11 is 1.22. The van der Waals surface area contributed by atoms with Crippen LogP contribution in [-0.2, 0) is 4.79 Å². The molecule has 132 valence electrons. The van der Waals surface area contributed by atoms with Gasteiger partial charge in [-0.1, -0.05) is 60.3 Å². The summed E-state index contributed by atoms with van der Waals surface area (Å²) in [6.45, 7) is 3.73. The van der Waals surface area contributed by atoms with Gasteiger partial charge in [0.25, 0.3) is 5.56 Å². The van der Waals surface area contributed by atoms with Crippen LogP contribution in [0.3, 0.4) is 0 Å². The van der Waals surface area contributed by atoms with Crippen molar-refractivity contribution in [2.45, 2.75) is 24.3 Å². The Bertz CT molecular complexity index is 970. The molecular weight excluding hydrogens is 346 g/mol. The first kappa shape index (κ1) is 17.9. The number of hydrogen-bond acceptors (Lipinski definition) is 4. The molecule has 26 heavy (non-hydrogen) atoms. The van der Waals surface area contributed by atoms with Crippen molar-refractivity contribution in [3.8, 4) is 11.3 Å². The van der Waals surface area contributed by atoms with Gasteiger partial charge < -0.3 is 10.3 Å². The van der Waals surface area contributed by atoms with Crippen molar-refractivity contribution in [3.63, 3.8) is 0 Å². The lowest BCUT2D eigenvalue weighted by atomic mass is 10.1. The number of hydrogen-bond donors (Lipinski definition) is 2. The van der Waals surface area contributed by atoms with Crippen LogP contribution in [0.4, 0.5) is 5.69 Å². The molecule has 1 amide bonds. The minimum atomic E-state index is -0.413. The van der Waals surface area contributed by atoms with Crippen LogP contribution in [-0.4, -0.2) is 21.1 Å². The Morgan fingerprint density at radius 1 is 1.12 bits per heavy atom. The normalized spacial score (nSPS) is 11.8. The maximum absolute atomic E-state index is 12.5. The van der Waals surface area contributed by atoms with Gasteiger partial charge in [0.1, 0.15) is 0 Å². The Labute approximate surface area is 155 Å². The Kier molecular flexibility index (Phi) is 5.53. The van der Waals surface area contributed by atoms with Crippen LogP contribution in [0, 0.1) is 6.92 Å². The third kappa shape index (κ3) is 4.40. The number of amides is 1. The van der Waals surface area contributed by atoms with Gasteiger partial charge in [-0.25, -0.2) is 4.98 Å². The van der Waals surface area contributed by atoms with E-state index in [9.17, 15) is 9.59 Å². The molecule has 1 heterocycles. The van der Waals surface area contributed by atoms with E-state index in [0.29, 0.717) is 10.9 Å². The predicted molar refractivity (Wildman–Crippen MR) is 105 cm³/mol. The molecule has 0 saturated carbocycles. The molecule has 3 aromatic rings. The van der Waals surface area contributed by atoms with Crippen molar-refractivity contribution in [2.75, 3.05) is 5.32 Å². The second-order valence-electron chi connectivity index (χ2n) is 5.87. The number of benzene rings is 2. The highest BCUT2D eigenvalue weighted by Crippen LogP contribution is 2.23. The van der Waals surface area contributed by atoms with E-state index in [1.807, 2.05) is 61.5 Å². The summed E-state index contributed by atoms with van der Waals surface area (Å²) < 4.78 is 0. The molecule has 1 aromatic heterocycles. The number of aromatic amines is 1. The van der Waals surface area contributed by atoms with E-state index in [1.165, 1.54) is 17.8 Å². The zero-order valence-electron chi connectivity index (χ0n) is 14.5. The fraction of sp³-hybridized carbons (Fsp3) is 0.150. The maximum Gasteiger partial charge on any atom is 0.252 e. The summed E-state index contributed by atoms with van der Waals surface area (Å²) in [5.41, 5.74) is 2.98. The quantitative estimate of drug-likeness (QED) is 0.532. The van der Waals surface area contributed by atoms with Crippen molar-refractivity contribution in [1.29, 1.82) is 0 Å². The maximum atomic E-state index is 12.5. The van der Waals surface area contributed by atoms with Crippen molar-refractivity contribution in [1.82, 2.24) is 9.97 Å². The van der Waals surface area contributed by atoms with Crippen LogP contribution in [0.1, 0.15) is 12.5 Å². The van der Waals surface area contributed by atoms with E-state index in [0.717, 1.165) is 16.8 Å². The Morgan fingerprint density at radius 2 is 1.81 bits per heavy atom. The van der Waals surface area contributed by atoms with Crippen LogP contribution in [0.15, 0.2) is 70.6 Å². The van der Waals surface area contributed by atoms with Crippen LogP contribution >= 0.6 is 11.8 Å². The van der Waals surface area contributed by atoms with Gasteiger partial charge in [0, 0.05) is 17.3 Å². The van der Waals surface area contributed by atoms with E-state index >= 15 is 0 Å². The molecular formula is C20H19N3O2S. The van der Waals surface area contributed by atoms with Crippen LogP contribution in [0.5, 0.6) is 0 Å². The Balaban J connectivity index is 1.76. The minimum absolute atomic E-state index is 0.142. The summed E-state index contributed by atoms with van der Waals surface area (Å²) in [6.07, 6.45) is 0. The zero-order valence-corrected chi connectivity index (χ0v) is 15.3. The van der Waals surface area contributed by atoms with Crippen molar-refractivity contribution >= 4 is 23.4 Å². The van der Waals surface area contributed by atoms with E-state index in [4.69, 9.17) is 0 Å². The highest BCUT2D eigenvalue weighted by Gasteiger charge is 2.17. The number of nitrogens with zero attached hydrogens (tertiary/aromatic N) is 1. The number of thioether (sulfide) groups is 1. The molecule has 3 rings (SSSR count). The molecule has 6 heteroatoms. The lowest BCUT2D eigenvalue weighted by Crippen LogP contribution is -2.23. The third-order valence-corrected chi connectivity index (χ3v) is 4.83. The van der Waals surface area contributed by atoms with E-state index in [-0.39, 0.29) is 11.5 Å². The molecule has 0 fully saturated rings. The largest absolute Gasteiger partial charge is 0.325 e. The molecule has 0 saturated heterocycles. The average Bonchev–Trinajstić information content (AvgIpc) is 2.64. The number of para-hydroxylation sites is 1. The SMILES string of the molecule is Cc1ccccc1NC(=O)C(C)Sc1nc(-c2ccccc2)cc(=O)[nH]1. The number of rotatable bonds is 5. The molecule has 0 aliphatic heterocycles. The summed E-state index contributed by atoms with van der Waals surface area (Å²) in [5.74, 6) is -0.142. The molecule has 5 nitrogen and oxygen atoms in total. The molecule has 1 unspecified atom stereocenters. The molecule has 0 bridgehead atoms. The lowest BCUT2D eigenvalue weighted by molar-refractivity contribution is -0.115. The second-order valence-corrected chi connectivity index (χ2v) is 7.20. The minimum Gasteiger partial charge on any atom is -0.325 e. The first-order chi connectivity index (χ1) is 12.5. The lowest BCUT2D eigenvalue weighted by Gasteiger charge is -2.13. The molecule has 2 N–H and O–H groups in total. The number of H-pyrrole nitrogens is 1. The number of aromatic nitrogens is 2. The average molecular weight is 365 g/mol. The van der Waals surface area contributed by atoms with E-state index in [1.54, 1.807) is 6.92 Å². The highest BCUT2D eigenvalue weighted by atomic mass is 32.2. The number of aryl methyl sites for hydroxylation is 1. The fourth-order valence-corrected chi connectivity index (χ4v) is 3.23. The first-order valence-corrected chi connectivity index (χ1v) is 9.11. The predicted octanol–water partition coefficient (Wildman–Crippen LogP) is 3.86. The molecule has 2 aromatic carbocycles. The topological polar surface area (TPSA) is 74.8 Å². The van der Waals surface area contributed by atoms with Gasteiger partial charge in [0.15, 0.2) is 5.16 Å². The van der Waals surface area contributed by atoms with Crippen LogP contribution in [0.2, 0.25) is 0 Å². The Hall–Kier alpha value is -2.86. The van der Waals surface area contributed by atoms with Crippen molar-refractivity contribution in [3.05, 3.63) is 76.6 Å². The van der Waals surface area contributed by atoms with E-state index < -0.39 is 5.25 Å². The van der Waals surface area contributed by atoms with Gasteiger partial charge in [-0.15, -0.1) is 0 Å². The monoisotopic (exact) mass is 365 g/mol. The summed E-state index contributed by atoms with van der Waals surface area (Å²) in [6, 6.07) is 18.5. The van der Waals surface area contributed by atoms with Crippen LogP contribution in [0.25, 0.3) is 11.3 Å². The number of carbonyl (C=O) groups excluding carboxylic acids is 1. The molecule has 0 aliphatic rings. The zero-order chi connectivity index (χ0) is 18.5. The van der Waals surface area contributed by atoms with Crippen LogP contribution < -0.4 is 10.9 Å². The van der Waals surface area contributed by atoms with Crippen molar-refractivity contribution < 1.29 is 4.79 Å². The van der Waals surface area contributed by atoms with Gasteiger partial charge in [0.2, 0.25) is 5.91 Å². The summed E-state index contributed by atoms with van der Waals surface area (Å²) in [4.78, 5) is 31.6. The van der Waals surface area contributed by atoms with E-state index in [2.05, 4.69) is 15.3 Å². The number of anilines is 1. The van der Waals surface area contributed by atoms with Gasteiger partial charge in [-0.05, 0) is 25.5 Å². The smallest absolute Gasteiger partial charge is 0.252 e. The molecule has 0 aliphatic carbocycles. The van der Waals surface area contributed by atoms with Crippen molar-refractivity contribution in [2.24, 2.45) is 0 Å². The fourth-order valence-electron chi connectivity index (χ4n) is 2.42. The van der Waals surface area contributed by atoms with Gasteiger partial charge in [0.05, 0.1) is 10.9 Å². The number of carbonyl (C=O) groups is 1. The van der Waals surface area contributed by atoms with Gasteiger partial charge >= 0.3 is 0 Å². The summed E-state index contributed by atoms with van der Waals surface area (Å²) in [5, 5.41) is 2.92. The van der Waals surface area contributed by atoms with Gasteiger partial charge in [-0.2, -0.15) is 0 Å². The summed E-state index contributed by atoms with van der Waals surface area (Å²) in [7, 11) is 0. The number of nitrogens with one attached hydrogen (secondary N) is 2. The first-order valence-electron chi connectivity index (χ1n) is 8.23. The Morgan fingerprint density at radius 3 is 2.54 bits per heavy atom. The standard InChI is InChI=1S/C20H19N3O2S/c1-13-8-6-7-11-16(13)21-19(25)14(2)26-20-22-17(12-18(24)23-20)15-9-4-3-5-10-15/h3-12,14H,1-2H3,(H,21,25)(H,22,23,24). The highest BCUT2D eigenvalue weighted by molar-refractivity contribution is 8.00. The second kappa shape index (κ2) is 8.01. The molecule has 1 atom stereocenters. The molecule has 0 spiro atoms. The third-order valence-electron chi connectivity index (χ3n) is 3.85. The molecule has 0 radical (unpaired) electrons. The van der Waals surface area contributed by atoms with Gasteiger partial charge in [-0.3, -0.25) is 9.59 Å².